The first kappa shape index (κ1) is 17.6. The van der Waals surface area contributed by atoms with Crippen LogP contribution >= 0.6 is 0 Å². The van der Waals surface area contributed by atoms with Gasteiger partial charge in [0.2, 0.25) is 0 Å². The summed E-state index contributed by atoms with van der Waals surface area (Å²) in [5, 5.41) is 9.66. The molecule has 0 atom stereocenters. The molecule has 1 aliphatic rings. The van der Waals surface area contributed by atoms with Crippen molar-refractivity contribution in [1.82, 2.24) is 16.0 Å². The molecule has 1 aliphatic heterocycles. The van der Waals surface area contributed by atoms with Gasteiger partial charge in [-0.25, -0.2) is 4.79 Å². The molecule has 1 heterocycles. The third-order valence-electron chi connectivity index (χ3n) is 4.14. The highest BCUT2D eigenvalue weighted by Crippen LogP contribution is 2.28. The van der Waals surface area contributed by atoms with Crippen molar-refractivity contribution in [2.75, 3.05) is 7.11 Å². The summed E-state index contributed by atoms with van der Waals surface area (Å²) >= 11 is 0. The molecular weight excluding hydrogens is 290 g/mol. The first-order valence-corrected chi connectivity index (χ1v) is 8.16. The maximum absolute atomic E-state index is 12.2. The Morgan fingerprint density at radius 3 is 2.26 bits per heavy atom. The Hall–Kier alpha value is -1.75. The van der Waals surface area contributed by atoms with Gasteiger partial charge >= 0.3 is 6.03 Å². The number of amides is 2. The Morgan fingerprint density at radius 1 is 1.17 bits per heavy atom. The summed E-state index contributed by atoms with van der Waals surface area (Å²) in [5.41, 5.74) is 1.10. The molecule has 0 aromatic heterocycles. The molecule has 0 radical (unpaired) electrons. The Balaban J connectivity index is 1.84. The average molecular weight is 319 g/mol. The number of benzene rings is 1. The molecule has 0 spiro atoms. The van der Waals surface area contributed by atoms with Crippen LogP contribution in [0.15, 0.2) is 24.3 Å². The molecule has 1 aromatic rings. The highest BCUT2D eigenvalue weighted by atomic mass is 16.5. The van der Waals surface area contributed by atoms with Crippen molar-refractivity contribution in [2.45, 2.75) is 64.2 Å². The molecule has 1 fully saturated rings. The Morgan fingerprint density at radius 2 is 1.74 bits per heavy atom. The van der Waals surface area contributed by atoms with E-state index in [4.69, 9.17) is 4.74 Å². The number of piperidine rings is 1. The van der Waals surface area contributed by atoms with Gasteiger partial charge in [0.05, 0.1) is 7.11 Å². The first-order chi connectivity index (χ1) is 10.7. The van der Waals surface area contributed by atoms with E-state index in [2.05, 4.69) is 43.6 Å². The molecule has 2 rings (SSSR count). The number of rotatable bonds is 4. The van der Waals surface area contributed by atoms with E-state index in [9.17, 15) is 4.79 Å². The summed E-state index contributed by atoms with van der Waals surface area (Å²) < 4.78 is 5.13. The Labute approximate surface area is 139 Å². The minimum atomic E-state index is -0.112. The van der Waals surface area contributed by atoms with E-state index >= 15 is 0 Å². The molecule has 0 aliphatic carbocycles. The van der Waals surface area contributed by atoms with Crippen molar-refractivity contribution in [2.24, 2.45) is 0 Å². The Kier molecular flexibility index (Phi) is 5.19. The van der Waals surface area contributed by atoms with E-state index in [1.54, 1.807) is 7.11 Å². The van der Waals surface area contributed by atoms with Crippen LogP contribution in [-0.2, 0) is 6.54 Å². The fraction of sp³-hybridized carbons (Fsp3) is 0.611. The van der Waals surface area contributed by atoms with Gasteiger partial charge in [0, 0.05) is 23.7 Å². The van der Waals surface area contributed by atoms with E-state index in [0.29, 0.717) is 6.54 Å². The zero-order valence-corrected chi connectivity index (χ0v) is 14.8. The second kappa shape index (κ2) is 6.79. The molecule has 5 heteroatoms. The zero-order chi connectivity index (χ0) is 17.1. The highest BCUT2D eigenvalue weighted by molar-refractivity contribution is 5.74. The number of hydrogen-bond acceptors (Lipinski definition) is 3. The number of methoxy groups -OCH3 is 1. The lowest BCUT2D eigenvalue weighted by Gasteiger charge is -2.46. The van der Waals surface area contributed by atoms with Gasteiger partial charge in [0.1, 0.15) is 5.75 Å². The predicted octanol–water partition coefficient (Wildman–Crippen LogP) is 2.80. The van der Waals surface area contributed by atoms with Gasteiger partial charge in [-0.15, -0.1) is 0 Å². The number of hydrogen-bond donors (Lipinski definition) is 3. The van der Waals surface area contributed by atoms with Crippen LogP contribution in [0.2, 0.25) is 0 Å². The second-order valence-electron chi connectivity index (χ2n) is 7.67. The second-order valence-corrected chi connectivity index (χ2v) is 7.67. The molecular formula is C18H29N3O2. The van der Waals surface area contributed by atoms with E-state index in [0.717, 1.165) is 24.2 Å². The van der Waals surface area contributed by atoms with Gasteiger partial charge in [0.15, 0.2) is 0 Å². The van der Waals surface area contributed by atoms with E-state index in [-0.39, 0.29) is 23.2 Å². The number of urea groups is 1. The maximum atomic E-state index is 12.2. The summed E-state index contributed by atoms with van der Waals surface area (Å²) in [6, 6.07) is 7.77. The van der Waals surface area contributed by atoms with Crippen LogP contribution in [-0.4, -0.2) is 30.3 Å². The summed E-state index contributed by atoms with van der Waals surface area (Å²) in [6.45, 7) is 9.22. The monoisotopic (exact) mass is 319 g/mol. The van der Waals surface area contributed by atoms with Crippen LogP contribution in [0, 0.1) is 0 Å². The number of carbonyl (C=O) groups excluding carboxylic acids is 1. The molecule has 1 saturated heterocycles. The molecule has 2 amide bonds. The van der Waals surface area contributed by atoms with Crippen molar-refractivity contribution in [3.63, 3.8) is 0 Å². The summed E-state index contributed by atoms with van der Waals surface area (Å²) in [7, 11) is 1.64. The normalized spacial score (nSPS) is 19.9. The van der Waals surface area contributed by atoms with Gasteiger partial charge in [-0.1, -0.05) is 12.1 Å². The number of carbonyl (C=O) groups is 1. The summed E-state index contributed by atoms with van der Waals surface area (Å²) in [5.74, 6) is 0.817. The summed E-state index contributed by atoms with van der Waals surface area (Å²) in [4.78, 5) is 12.2. The van der Waals surface area contributed by atoms with Crippen LogP contribution in [0.25, 0.3) is 0 Å². The van der Waals surface area contributed by atoms with Gasteiger partial charge in [0.25, 0.3) is 0 Å². The van der Waals surface area contributed by atoms with E-state index in [1.807, 2.05) is 24.3 Å². The van der Waals surface area contributed by atoms with Gasteiger partial charge in [-0.3, -0.25) is 0 Å². The van der Waals surface area contributed by atoms with Crippen LogP contribution < -0.4 is 20.7 Å². The fourth-order valence-electron chi connectivity index (χ4n) is 3.59. The van der Waals surface area contributed by atoms with Crippen LogP contribution in [0.4, 0.5) is 4.79 Å². The zero-order valence-electron chi connectivity index (χ0n) is 14.8. The van der Waals surface area contributed by atoms with Gasteiger partial charge in [-0.2, -0.15) is 0 Å². The summed E-state index contributed by atoms with van der Waals surface area (Å²) in [6.07, 6.45) is 1.85. The van der Waals surface area contributed by atoms with Crippen molar-refractivity contribution >= 4 is 6.03 Å². The topological polar surface area (TPSA) is 62.4 Å². The van der Waals surface area contributed by atoms with Crippen molar-refractivity contribution in [3.8, 4) is 5.75 Å². The lowest BCUT2D eigenvalue weighted by molar-refractivity contribution is 0.147. The quantitative estimate of drug-likeness (QED) is 0.800. The van der Waals surface area contributed by atoms with Crippen molar-refractivity contribution < 1.29 is 9.53 Å². The molecule has 1 aromatic carbocycles. The van der Waals surface area contributed by atoms with Crippen molar-refractivity contribution in [3.05, 3.63) is 29.8 Å². The average Bonchev–Trinajstić information content (AvgIpc) is 2.42. The van der Waals surface area contributed by atoms with E-state index in [1.165, 1.54) is 0 Å². The molecule has 3 N–H and O–H groups in total. The van der Waals surface area contributed by atoms with E-state index < -0.39 is 0 Å². The molecule has 0 unspecified atom stereocenters. The van der Waals surface area contributed by atoms with Gasteiger partial charge < -0.3 is 20.7 Å². The number of ether oxygens (including phenoxy) is 1. The fourth-order valence-corrected chi connectivity index (χ4v) is 3.59. The van der Waals surface area contributed by atoms with Gasteiger partial charge in [-0.05, 0) is 58.2 Å². The largest absolute Gasteiger partial charge is 0.497 e. The third-order valence-corrected chi connectivity index (χ3v) is 4.14. The molecule has 128 valence electrons. The third kappa shape index (κ3) is 5.43. The van der Waals surface area contributed by atoms with Crippen LogP contribution in [0.5, 0.6) is 5.75 Å². The highest BCUT2D eigenvalue weighted by Gasteiger charge is 2.38. The molecule has 0 bridgehead atoms. The SMILES string of the molecule is COc1ccc(CNC(=O)NC2CC(C)(C)NC(C)(C)C2)cc1. The van der Waals surface area contributed by atoms with Crippen molar-refractivity contribution in [1.29, 1.82) is 0 Å². The predicted molar refractivity (Wildman–Crippen MR) is 92.7 cm³/mol. The smallest absolute Gasteiger partial charge is 0.315 e. The maximum Gasteiger partial charge on any atom is 0.315 e. The molecule has 0 saturated carbocycles. The number of nitrogens with one attached hydrogen (secondary N) is 3. The Bertz CT molecular complexity index is 522. The lowest BCUT2D eigenvalue weighted by Crippen LogP contribution is -2.62. The molecule has 5 nitrogen and oxygen atoms in total. The standard InChI is InChI=1S/C18H29N3O2/c1-17(2)10-14(11-18(3,4)21-17)20-16(22)19-12-13-6-8-15(23-5)9-7-13/h6-9,14,21H,10-12H2,1-5H3,(H2,19,20,22). The lowest BCUT2D eigenvalue weighted by atomic mass is 9.80. The minimum Gasteiger partial charge on any atom is -0.497 e. The molecule has 23 heavy (non-hydrogen) atoms. The van der Waals surface area contributed by atoms with Crippen LogP contribution in [0.1, 0.15) is 46.1 Å². The first-order valence-electron chi connectivity index (χ1n) is 8.16. The minimum absolute atomic E-state index is 0.0235. The van der Waals surface area contributed by atoms with Crippen LogP contribution in [0.3, 0.4) is 0 Å².